The van der Waals surface area contributed by atoms with Gasteiger partial charge in [-0.3, -0.25) is 4.79 Å². The lowest BCUT2D eigenvalue weighted by atomic mass is 9.79. The van der Waals surface area contributed by atoms with Gasteiger partial charge in [-0.15, -0.1) is 12.4 Å². The minimum absolute atomic E-state index is 0. The molecule has 1 aliphatic heterocycles. The number of carbonyl (C=O) groups excluding carboxylic acids is 1. The van der Waals surface area contributed by atoms with Gasteiger partial charge in [0.15, 0.2) is 5.76 Å². The third-order valence-electron chi connectivity index (χ3n) is 5.17. The fourth-order valence-corrected chi connectivity index (χ4v) is 3.38. The number of ether oxygens (including phenoxy) is 1. The summed E-state index contributed by atoms with van der Waals surface area (Å²) >= 11 is 0. The Kier molecular flexibility index (Phi) is 6.60. The monoisotopic (exact) mass is 392 g/mol. The van der Waals surface area contributed by atoms with Gasteiger partial charge in [0.1, 0.15) is 18.1 Å². The Morgan fingerprint density at radius 1 is 1.30 bits per heavy atom. The average molecular weight is 393 g/mol. The maximum absolute atomic E-state index is 12.7. The molecule has 0 saturated carbocycles. The van der Waals surface area contributed by atoms with Crippen molar-refractivity contribution < 1.29 is 13.9 Å². The van der Waals surface area contributed by atoms with E-state index in [2.05, 4.69) is 26.8 Å². The minimum atomic E-state index is -0.0879. The van der Waals surface area contributed by atoms with Gasteiger partial charge in [0.05, 0.1) is 0 Å². The van der Waals surface area contributed by atoms with Crippen molar-refractivity contribution in [3.05, 3.63) is 53.0 Å². The predicted octanol–water partition coefficient (Wildman–Crippen LogP) is 4.10. The lowest BCUT2D eigenvalue weighted by Gasteiger charge is -2.42. The molecule has 1 atom stereocenters. The van der Waals surface area contributed by atoms with E-state index in [0.717, 1.165) is 17.7 Å². The number of halogens is 1. The third kappa shape index (κ3) is 4.85. The molecule has 0 radical (unpaired) electrons. The van der Waals surface area contributed by atoms with Crippen LogP contribution in [0, 0.1) is 19.3 Å². The van der Waals surface area contributed by atoms with Crippen LogP contribution in [0.4, 0.5) is 0 Å². The first-order chi connectivity index (χ1) is 12.3. The Morgan fingerprint density at radius 3 is 2.70 bits per heavy atom. The molecular weight excluding hydrogens is 364 g/mol. The molecule has 2 heterocycles. The second-order valence-corrected chi connectivity index (χ2v) is 7.93. The maximum Gasteiger partial charge on any atom is 0.289 e. The van der Waals surface area contributed by atoms with Gasteiger partial charge >= 0.3 is 0 Å². The number of aryl methyl sites for hydroxylation is 2. The Labute approximate surface area is 167 Å². The number of hydrogen-bond donors (Lipinski definition) is 1. The molecule has 1 amide bonds. The fraction of sp³-hybridized carbons (Fsp3) is 0.476. The Morgan fingerprint density at radius 2 is 2.04 bits per heavy atom. The van der Waals surface area contributed by atoms with E-state index >= 15 is 0 Å². The molecule has 6 heteroatoms. The molecule has 3 rings (SSSR count). The van der Waals surface area contributed by atoms with Crippen LogP contribution in [0.1, 0.15) is 47.7 Å². The predicted molar refractivity (Wildman–Crippen MR) is 108 cm³/mol. The number of nitrogens with two attached hydrogens (primary N) is 1. The lowest BCUT2D eigenvalue weighted by molar-refractivity contribution is 0.0500. The molecule has 0 aliphatic carbocycles. The fourth-order valence-electron chi connectivity index (χ4n) is 3.38. The van der Waals surface area contributed by atoms with Crippen LogP contribution in [0.25, 0.3) is 0 Å². The van der Waals surface area contributed by atoms with Gasteiger partial charge < -0.3 is 19.8 Å². The molecule has 1 aliphatic rings. The van der Waals surface area contributed by atoms with Gasteiger partial charge in [-0.25, -0.2) is 0 Å². The Balaban J connectivity index is 0.00000261. The Bertz CT molecular complexity index is 800. The highest BCUT2D eigenvalue weighted by Crippen LogP contribution is 2.29. The molecule has 1 aromatic heterocycles. The number of amides is 1. The van der Waals surface area contributed by atoms with E-state index in [-0.39, 0.29) is 29.8 Å². The van der Waals surface area contributed by atoms with Gasteiger partial charge in [0.25, 0.3) is 5.91 Å². The summed E-state index contributed by atoms with van der Waals surface area (Å²) in [4.78, 5) is 14.6. The van der Waals surface area contributed by atoms with Crippen molar-refractivity contribution in [3.63, 3.8) is 0 Å². The number of nitrogens with zero attached hydrogens (tertiary/aromatic N) is 1. The van der Waals surface area contributed by atoms with Gasteiger partial charge in [-0.2, -0.15) is 0 Å². The van der Waals surface area contributed by atoms with E-state index in [0.29, 0.717) is 31.2 Å². The Hall–Kier alpha value is -1.98. The van der Waals surface area contributed by atoms with Gasteiger partial charge in [-0.1, -0.05) is 31.5 Å². The van der Waals surface area contributed by atoms with Crippen LogP contribution >= 0.6 is 12.4 Å². The topological polar surface area (TPSA) is 68.7 Å². The average Bonchev–Trinajstić information content (AvgIpc) is 3.05. The first kappa shape index (κ1) is 21.3. The van der Waals surface area contributed by atoms with Gasteiger partial charge in [0.2, 0.25) is 0 Å². The first-order valence-electron chi connectivity index (χ1n) is 9.10. The summed E-state index contributed by atoms with van der Waals surface area (Å²) in [5, 5.41) is 0. The van der Waals surface area contributed by atoms with Crippen LogP contribution < -0.4 is 10.5 Å². The lowest BCUT2D eigenvalue weighted by Crippen LogP contribution is -2.53. The number of carbonyl (C=O) groups is 1. The van der Waals surface area contributed by atoms with E-state index in [1.54, 1.807) is 12.1 Å². The highest BCUT2D eigenvalue weighted by molar-refractivity contribution is 5.91. The largest absolute Gasteiger partial charge is 0.485 e. The summed E-state index contributed by atoms with van der Waals surface area (Å²) in [6.07, 6.45) is 0.808. The van der Waals surface area contributed by atoms with E-state index in [1.165, 1.54) is 5.56 Å². The zero-order valence-electron chi connectivity index (χ0n) is 16.5. The van der Waals surface area contributed by atoms with Gasteiger partial charge in [-0.05, 0) is 49.4 Å². The van der Waals surface area contributed by atoms with Crippen LogP contribution in [-0.2, 0) is 6.61 Å². The highest BCUT2D eigenvalue weighted by Gasteiger charge is 2.36. The summed E-state index contributed by atoms with van der Waals surface area (Å²) in [5.41, 5.74) is 8.35. The molecule has 1 saturated heterocycles. The van der Waals surface area contributed by atoms with Crippen LogP contribution in [0.5, 0.6) is 5.75 Å². The second-order valence-electron chi connectivity index (χ2n) is 7.93. The molecule has 2 aromatic rings. The molecule has 5 nitrogen and oxygen atoms in total. The SMILES string of the molecule is Cc1ccc(OCc2ccc(C(=O)N3CCC(N)C(C)(C)C3)o2)c(C)c1.Cl. The summed E-state index contributed by atoms with van der Waals surface area (Å²) in [6, 6.07) is 9.70. The zero-order valence-corrected chi connectivity index (χ0v) is 17.3. The van der Waals surface area contributed by atoms with Crippen LogP contribution in [0.15, 0.2) is 34.7 Å². The first-order valence-corrected chi connectivity index (χ1v) is 9.10. The molecule has 1 unspecified atom stereocenters. The van der Waals surface area contributed by atoms with Crippen LogP contribution in [0.2, 0.25) is 0 Å². The smallest absolute Gasteiger partial charge is 0.289 e. The summed E-state index contributed by atoms with van der Waals surface area (Å²) < 4.78 is 11.6. The molecular formula is C21H29ClN2O3. The summed E-state index contributed by atoms with van der Waals surface area (Å²) in [7, 11) is 0. The minimum Gasteiger partial charge on any atom is -0.485 e. The molecule has 1 fully saturated rings. The third-order valence-corrected chi connectivity index (χ3v) is 5.17. The van der Waals surface area contributed by atoms with E-state index in [1.807, 2.05) is 24.0 Å². The van der Waals surface area contributed by atoms with Crippen LogP contribution in [0.3, 0.4) is 0 Å². The van der Waals surface area contributed by atoms with E-state index < -0.39 is 0 Å². The van der Waals surface area contributed by atoms with Crippen molar-refractivity contribution in [1.82, 2.24) is 4.90 Å². The molecule has 27 heavy (non-hydrogen) atoms. The summed E-state index contributed by atoms with van der Waals surface area (Å²) in [5.74, 6) is 1.74. The number of piperidine rings is 1. The highest BCUT2D eigenvalue weighted by atomic mass is 35.5. The van der Waals surface area contributed by atoms with E-state index in [9.17, 15) is 4.79 Å². The summed E-state index contributed by atoms with van der Waals surface area (Å²) in [6.45, 7) is 9.87. The standard InChI is InChI=1S/C21H28N2O3.ClH/c1-14-5-7-17(15(2)11-14)25-12-16-6-8-18(26-16)20(24)23-10-9-19(22)21(3,4)13-23;/h5-8,11,19H,9-10,12-13,22H2,1-4H3;1H. The number of benzene rings is 1. The molecule has 2 N–H and O–H groups in total. The van der Waals surface area contributed by atoms with Crippen molar-refractivity contribution in [2.45, 2.75) is 46.8 Å². The molecule has 1 aromatic carbocycles. The van der Waals surface area contributed by atoms with Crippen LogP contribution in [-0.4, -0.2) is 29.9 Å². The normalized spacial score (nSPS) is 18.7. The number of likely N-dealkylation sites (tertiary alicyclic amines) is 1. The van der Waals surface area contributed by atoms with Crippen molar-refractivity contribution in [2.75, 3.05) is 13.1 Å². The van der Waals surface area contributed by atoms with Crippen molar-refractivity contribution >= 4 is 18.3 Å². The van der Waals surface area contributed by atoms with Gasteiger partial charge in [0, 0.05) is 19.1 Å². The van der Waals surface area contributed by atoms with Crippen molar-refractivity contribution in [3.8, 4) is 5.75 Å². The van der Waals surface area contributed by atoms with Crippen molar-refractivity contribution in [1.29, 1.82) is 0 Å². The molecule has 0 bridgehead atoms. The zero-order chi connectivity index (χ0) is 18.9. The van der Waals surface area contributed by atoms with E-state index in [4.69, 9.17) is 14.9 Å². The molecule has 0 spiro atoms. The quantitative estimate of drug-likeness (QED) is 0.850. The maximum atomic E-state index is 12.7. The second kappa shape index (κ2) is 8.36. The molecule has 148 valence electrons. The number of rotatable bonds is 4. The van der Waals surface area contributed by atoms with Crippen molar-refractivity contribution in [2.24, 2.45) is 11.1 Å². The number of furan rings is 1. The number of hydrogen-bond acceptors (Lipinski definition) is 4.